The average Bonchev–Trinajstić information content (AvgIpc) is 2.04. The smallest absolute Gasteiger partial charge is 0.549 e. The van der Waals surface area contributed by atoms with E-state index in [9.17, 15) is 9.90 Å². The molecule has 0 aliphatic rings. The molecule has 0 N–H and O–H groups in total. The first-order valence-corrected chi connectivity index (χ1v) is 4.32. The summed E-state index contributed by atoms with van der Waals surface area (Å²) < 4.78 is 0. The zero-order valence-corrected chi connectivity index (χ0v) is 11.5. The van der Waals surface area contributed by atoms with Gasteiger partial charge in [0, 0.05) is 0 Å². The van der Waals surface area contributed by atoms with Crippen LogP contribution in [0.1, 0.15) is 39.0 Å². The van der Waals surface area contributed by atoms with Gasteiger partial charge in [-0.1, -0.05) is 32.6 Å². The third-order valence-electron chi connectivity index (χ3n) is 1.79. The Kier molecular flexibility index (Phi) is 13.2. The first-order valence-electron chi connectivity index (χ1n) is 4.32. The van der Waals surface area contributed by atoms with Crippen LogP contribution >= 0.6 is 0 Å². The van der Waals surface area contributed by atoms with Crippen LogP contribution < -0.4 is 56.5 Å². The second-order valence-corrected chi connectivity index (χ2v) is 2.85. The minimum absolute atomic E-state index is 0. The molecule has 0 aromatic heterocycles. The Morgan fingerprint density at radius 1 is 1.46 bits per heavy atom. The Morgan fingerprint density at radius 2 is 2.08 bits per heavy atom. The Bertz CT molecular complexity index is 177. The topological polar surface area (TPSA) is 63.9 Å². The molecule has 0 radical (unpaired) electrons. The van der Waals surface area contributed by atoms with Gasteiger partial charge in [-0.15, -0.1) is 0 Å². The molecule has 0 bridgehead atoms. The standard InChI is InChI=1S/C9H15NO2.K/c1-2-3-4-5-6-8(7-10)9(11)12;/h8H,2-6H2,1H3,(H,11,12);/q;+1/p-1. The number of rotatable bonds is 6. The number of hydrogen-bond donors (Lipinski definition) is 0. The third-order valence-corrected chi connectivity index (χ3v) is 1.79. The van der Waals surface area contributed by atoms with Crippen LogP contribution in [0.15, 0.2) is 0 Å². The maximum absolute atomic E-state index is 10.3. The Balaban J connectivity index is 0. The first kappa shape index (κ1) is 16.0. The van der Waals surface area contributed by atoms with Crippen molar-refractivity contribution in [1.82, 2.24) is 0 Å². The summed E-state index contributed by atoms with van der Waals surface area (Å²) in [6, 6.07) is 1.72. The molecule has 4 heteroatoms. The summed E-state index contributed by atoms with van der Waals surface area (Å²) in [6.07, 6.45) is 4.45. The average molecular weight is 207 g/mol. The number of unbranched alkanes of at least 4 members (excludes halogenated alkanes) is 3. The maximum atomic E-state index is 10.3. The number of carbonyl (C=O) groups excluding carboxylic acids is 1. The van der Waals surface area contributed by atoms with Crippen LogP contribution in [0.25, 0.3) is 0 Å². The van der Waals surface area contributed by atoms with E-state index in [1.807, 2.05) is 0 Å². The quantitative estimate of drug-likeness (QED) is 0.368. The van der Waals surface area contributed by atoms with Gasteiger partial charge in [0.1, 0.15) is 0 Å². The number of carboxylic acid groups (broad SMARTS) is 1. The summed E-state index contributed by atoms with van der Waals surface area (Å²) in [5, 5.41) is 18.6. The first-order chi connectivity index (χ1) is 5.72. The molecule has 0 fully saturated rings. The van der Waals surface area contributed by atoms with Crippen molar-refractivity contribution in [2.24, 2.45) is 5.92 Å². The molecule has 1 atom stereocenters. The van der Waals surface area contributed by atoms with Crippen molar-refractivity contribution in [3.63, 3.8) is 0 Å². The molecule has 0 aliphatic heterocycles. The summed E-state index contributed by atoms with van der Waals surface area (Å²) in [6.45, 7) is 2.08. The van der Waals surface area contributed by atoms with Gasteiger partial charge in [-0.3, -0.25) is 0 Å². The molecule has 0 heterocycles. The van der Waals surface area contributed by atoms with Gasteiger partial charge >= 0.3 is 51.4 Å². The molecular formula is C9H14KNO2. The predicted molar refractivity (Wildman–Crippen MR) is 42.9 cm³/mol. The molecule has 0 amide bonds. The fourth-order valence-corrected chi connectivity index (χ4v) is 1.01. The van der Waals surface area contributed by atoms with Gasteiger partial charge in [0.05, 0.1) is 18.0 Å². The Labute approximate surface area is 122 Å². The number of carbonyl (C=O) groups is 1. The molecule has 0 spiro atoms. The summed E-state index contributed by atoms with van der Waals surface area (Å²) in [7, 11) is 0. The van der Waals surface area contributed by atoms with Crippen LogP contribution in [-0.2, 0) is 4.79 Å². The SMILES string of the molecule is CCCCCCC(C#N)C(=O)[O-].[K+]. The zero-order valence-electron chi connectivity index (χ0n) is 8.38. The monoisotopic (exact) mass is 207 g/mol. The number of aliphatic carboxylic acids is 1. The summed E-state index contributed by atoms with van der Waals surface area (Å²) in [5.74, 6) is -2.16. The van der Waals surface area contributed by atoms with Crippen molar-refractivity contribution in [3.05, 3.63) is 0 Å². The van der Waals surface area contributed by atoms with Crippen LogP contribution in [0.3, 0.4) is 0 Å². The summed E-state index contributed by atoms with van der Waals surface area (Å²) in [4.78, 5) is 10.3. The van der Waals surface area contributed by atoms with E-state index in [2.05, 4.69) is 6.92 Å². The van der Waals surface area contributed by atoms with Gasteiger partial charge < -0.3 is 9.90 Å². The predicted octanol–water partition coefficient (Wildman–Crippen LogP) is -2.15. The molecule has 13 heavy (non-hydrogen) atoms. The summed E-state index contributed by atoms with van der Waals surface area (Å²) in [5.41, 5.74) is 0. The van der Waals surface area contributed by atoms with Gasteiger partial charge in [-0.05, 0) is 6.42 Å². The Morgan fingerprint density at radius 3 is 2.46 bits per heavy atom. The molecule has 0 saturated carbocycles. The van der Waals surface area contributed by atoms with Crippen molar-refractivity contribution >= 4 is 5.97 Å². The fourth-order valence-electron chi connectivity index (χ4n) is 1.01. The molecule has 0 aromatic carbocycles. The van der Waals surface area contributed by atoms with Gasteiger partial charge in [0.25, 0.3) is 0 Å². The minimum Gasteiger partial charge on any atom is -0.549 e. The molecular weight excluding hydrogens is 193 g/mol. The van der Waals surface area contributed by atoms with Crippen LogP contribution in [0.2, 0.25) is 0 Å². The number of carboxylic acids is 1. The van der Waals surface area contributed by atoms with E-state index >= 15 is 0 Å². The number of nitriles is 1. The van der Waals surface area contributed by atoms with Crippen molar-refractivity contribution in [2.45, 2.75) is 39.0 Å². The second-order valence-electron chi connectivity index (χ2n) is 2.85. The van der Waals surface area contributed by atoms with Crippen molar-refractivity contribution in [1.29, 1.82) is 5.26 Å². The van der Waals surface area contributed by atoms with Crippen molar-refractivity contribution in [3.8, 4) is 6.07 Å². The molecule has 68 valence electrons. The Hall–Kier alpha value is 0.596. The van der Waals surface area contributed by atoms with E-state index in [0.29, 0.717) is 6.42 Å². The van der Waals surface area contributed by atoms with Gasteiger partial charge in [0.15, 0.2) is 0 Å². The molecule has 0 aliphatic carbocycles. The third kappa shape index (κ3) is 8.91. The van der Waals surface area contributed by atoms with E-state index in [1.54, 1.807) is 6.07 Å². The van der Waals surface area contributed by atoms with E-state index < -0.39 is 11.9 Å². The number of nitrogens with zero attached hydrogens (tertiary/aromatic N) is 1. The molecule has 0 aromatic rings. The van der Waals surface area contributed by atoms with Crippen LogP contribution in [0, 0.1) is 17.2 Å². The summed E-state index contributed by atoms with van der Waals surface area (Å²) >= 11 is 0. The maximum Gasteiger partial charge on any atom is 1.00 e. The van der Waals surface area contributed by atoms with E-state index in [-0.39, 0.29) is 51.4 Å². The molecule has 1 unspecified atom stereocenters. The second kappa shape index (κ2) is 10.7. The van der Waals surface area contributed by atoms with Gasteiger partial charge in [0.2, 0.25) is 0 Å². The van der Waals surface area contributed by atoms with Crippen LogP contribution in [0.4, 0.5) is 0 Å². The fraction of sp³-hybridized carbons (Fsp3) is 0.778. The molecule has 0 rings (SSSR count). The zero-order chi connectivity index (χ0) is 9.40. The van der Waals surface area contributed by atoms with E-state index in [4.69, 9.17) is 5.26 Å². The van der Waals surface area contributed by atoms with Crippen molar-refractivity contribution < 1.29 is 61.3 Å². The molecule has 3 nitrogen and oxygen atoms in total. The van der Waals surface area contributed by atoms with Crippen LogP contribution in [-0.4, -0.2) is 5.97 Å². The molecule has 0 saturated heterocycles. The van der Waals surface area contributed by atoms with Gasteiger partial charge in [-0.2, -0.15) is 5.26 Å². The van der Waals surface area contributed by atoms with E-state index in [1.165, 1.54) is 0 Å². The van der Waals surface area contributed by atoms with E-state index in [0.717, 1.165) is 25.7 Å². The normalized spacial score (nSPS) is 11.1. The minimum atomic E-state index is -1.24. The number of hydrogen-bond acceptors (Lipinski definition) is 3. The van der Waals surface area contributed by atoms with Crippen LogP contribution in [0.5, 0.6) is 0 Å². The van der Waals surface area contributed by atoms with Gasteiger partial charge in [-0.25, -0.2) is 0 Å². The van der Waals surface area contributed by atoms with Crippen molar-refractivity contribution in [2.75, 3.05) is 0 Å². The largest absolute Gasteiger partial charge is 1.00 e.